The molecule has 0 bridgehead atoms. The molecule has 0 saturated heterocycles. The number of hydrogen-bond acceptors (Lipinski definition) is 4. The molecule has 0 saturated carbocycles. The molecule has 0 radical (unpaired) electrons. The summed E-state index contributed by atoms with van der Waals surface area (Å²) in [7, 11) is 2.89. The number of alkyl halides is 3. The van der Waals surface area contributed by atoms with Crippen molar-refractivity contribution in [2.45, 2.75) is 25.6 Å². The van der Waals surface area contributed by atoms with E-state index in [0.29, 0.717) is 22.6 Å². The fraction of sp³-hybridized carbons (Fsp3) is 0.214. The lowest BCUT2D eigenvalue weighted by Gasteiger charge is -2.14. The average Bonchev–Trinajstić information content (AvgIpc) is 2.89. The Balaban J connectivity index is 1.63. The van der Waals surface area contributed by atoms with E-state index in [-0.39, 0.29) is 12.2 Å². The number of nitrogens with zero attached hydrogens (tertiary/aromatic N) is 2. The Morgan fingerprint density at radius 3 is 2.00 bits per heavy atom. The van der Waals surface area contributed by atoms with E-state index in [2.05, 4.69) is 17.2 Å². The molecule has 0 fully saturated rings. The fourth-order valence-corrected chi connectivity index (χ4v) is 3.91. The molecule has 0 unspecified atom stereocenters. The Morgan fingerprint density at radius 1 is 0.778 bits per heavy atom. The Hall–Kier alpha value is -4.07. The van der Waals surface area contributed by atoms with Gasteiger partial charge in [0.2, 0.25) is 0 Å². The van der Waals surface area contributed by atoms with Crippen molar-refractivity contribution in [2.75, 3.05) is 14.2 Å². The van der Waals surface area contributed by atoms with Crippen LogP contribution in [0.2, 0.25) is 0 Å². The average molecular weight is 495 g/mol. The molecule has 0 spiro atoms. The number of aromatic nitrogens is 2. The normalized spacial score (nSPS) is 11.4. The molecule has 1 aromatic heterocycles. The fourth-order valence-electron chi connectivity index (χ4n) is 3.91. The minimum Gasteiger partial charge on any atom is -0.493 e. The summed E-state index contributed by atoms with van der Waals surface area (Å²) in [5, 5.41) is 4.25. The molecule has 4 aromatic rings. The van der Waals surface area contributed by atoms with E-state index in [0.717, 1.165) is 29.2 Å². The number of methoxy groups -OCH3 is 2. The summed E-state index contributed by atoms with van der Waals surface area (Å²) >= 11 is 0. The summed E-state index contributed by atoms with van der Waals surface area (Å²) in [6.07, 6.45) is -3.12. The highest BCUT2D eigenvalue weighted by Crippen LogP contribution is 2.33. The lowest BCUT2D eigenvalue weighted by Crippen LogP contribution is -2.31. The number of benzene rings is 3. The van der Waals surface area contributed by atoms with Crippen molar-refractivity contribution < 1.29 is 22.6 Å². The van der Waals surface area contributed by atoms with Crippen LogP contribution in [0.25, 0.3) is 11.3 Å². The molecule has 0 amide bonds. The zero-order valence-corrected chi connectivity index (χ0v) is 19.9. The van der Waals surface area contributed by atoms with Crippen LogP contribution >= 0.6 is 0 Å². The number of rotatable bonds is 8. The molecular weight excluding hydrogens is 469 g/mol. The van der Waals surface area contributed by atoms with Gasteiger partial charge < -0.3 is 9.47 Å². The Morgan fingerprint density at radius 2 is 1.39 bits per heavy atom. The van der Waals surface area contributed by atoms with Crippen LogP contribution in [0.15, 0.2) is 83.7 Å². The maximum atomic E-state index is 13.7. The van der Waals surface area contributed by atoms with Gasteiger partial charge in [-0.25, -0.2) is 4.68 Å². The predicted molar refractivity (Wildman–Crippen MR) is 131 cm³/mol. The topological polar surface area (TPSA) is 53.4 Å². The predicted octanol–water partition coefficient (Wildman–Crippen LogP) is 5.78. The minimum atomic E-state index is -4.83. The first kappa shape index (κ1) is 25.0. The number of hydrogen-bond donors (Lipinski definition) is 0. The van der Waals surface area contributed by atoms with Crippen LogP contribution in [0.1, 0.15) is 22.3 Å². The first-order valence-corrected chi connectivity index (χ1v) is 11.3. The summed E-state index contributed by atoms with van der Waals surface area (Å²) in [6, 6.07) is 23.0. The van der Waals surface area contributed by atoms with Crippen molar-refractivity contribution in [2.24, 2.45) is 0 Å². The molecular formula is C28H25F3N2O3. The van der Waals surface area contributed by atoms with Crippen LogP contribution in [0.3, 0.4) is 0 Å². The molecule has 4 rings (SSSR count). The van der Waals surface area contributed by atoms with E-state index in [1.54, 1.807) is 12.1 Å². The molecule has 36 heavy (non-hydrogen) atoms. The quantitative estimate of drug-likeness (QED) is 0.312. The smallest absolute Gasteiger partial charge is 0.421 e. The first-order valence-electron chi connectivity index (χ1n) is 11.3. The Bertz CT molecular complexity index is 1380. The number of ether oxygens (including phenoxy) is 2. The minimum absolute atomic E-state index is 0.00218. The third-order valence-electron chi connectivity index (χ3n) is 5.86. The van der Waals surface area contributed by atoms with E-state index < -0.39 is 17.3 Å². The van der Waals surface area contributed by atoms with Gasteiger partial charge in [-0.2, -0.15) is 18.3 Å². The lowest BCUT2D eigenvalue weighted by molar-refractivity contribution is -0.139. The molecule has 5 nitrogen and oxygen atoms in total. The standard InChI is InChI=1S/C28H25F3N2O3/c1-35-25-15-14-22(16-26(25)36-2)24-17-23(28(29,30)31)27(34)33(32-24)18-21-12-10-20(11-13-21)9-8-19-6-4-3-5-7-19/h3-7,10-17H,8-9,18H2,1-2H3. The molecule has 1 heterocycles. The van der Waals surface area contributed by atoms with Crippen molar-refractivity contribution in [1.82, 2.24) is 9.78 Å². The van der Waals surface area contributed by atoms with Crippen molar-refractivity contribution >= 4 is 0 Å². The second-order valence-corrected chi connectivity index (χ2v) is 8.28. The van der Waals surface area contributed by atoms with Crippen LogP contribution in [0, 0.1) is 0 Å². The monoisotopic (exact) mass is 494 g/mol. The van der Waals surface area contributed by atoms with E-state index >= 15 is 0 Å². The third-order valence-corrected chi connectivity index (χ3v) is 5.86. The van der Waals surface area contributed by atoms with Gasteiger partial charge in [-0.05, 0) is 53.8 Å². The molecule has 0 aliphatic heterocycles. The van der Waals surface area contributed by atoms with Gasteiger partial charge >= 0.3 is 6.18 Å². The molecule has 0 atom stereocenters. The summed E-state index contributed by atoms with van der Waals surface area (Å²) in [5.41, 5.74) is 0.889. The van der Waals surface area contributed by atoms with Gasteiger partial charge in [0.1, 0.15) is 5.56 Å². The first-order chi connectivity index (χ1) is 17.3. The van der Waals surface area contributed by atoms with Gasteiger partial charge in [0.05, 0.1) is 26.5 Å². The molecule has 0 aliphatic carbocycles. The number of aryl methyl sites for hydroxylation is 2. The van der Waals surface area contributed by atoms with E-state index in [9.17, 15) is 18.0 Å². The van der Waals surface area contributed by atoms with E-state index in [1.165, 1.54) is 25.8 Å². The maximum Gasteiger partial charge on any atom is 0.421 e. The zero-order valence-electron chi connectivity index (χ0n) is 19.9. The van der Waals surface area contributed by atoms with Crippen LogP contribution < -0.4 is 15.0 Å². The lowest BCUT2D eigenvalue weighted by atomic mass is 10.0. The van der Waals surface area contributed by atoms with Crippen molar-refractivity contribution in [1.29, 1.82) is 0 Å². The third kappa shape index (κ3) is 5.76. The van der Waals surface area contributed by atoms with Gasteiger partial charge in [-0.3, -0.25) is 4.79 Å². The van der Waals surface area contributed by atoms with Crippen molar-refractivity contribution in [3.05, 3.63) is 111 Å². The Labute approximate surface area is 206 Å². The molecule has 3 aromatic carbocycles. The van der Waals surface area contributed by atoms with Crippen molar-refractivity contribution in [3.63, 3.8) is 0 Å². The van der Waals surface area contributed by atoms with Gasteiger partial charge in [0.15, 0.2) is 11.5 Å². The molecule has 8 heteroatoms. The largest absolute Gasteiger partial charge is 0.493 e. The highest BCUT2D eigenvalue weighted by Gasteiger charge is 2.35. The van der Waals surface area contributed by atoms with Crippen molar-refractivity contribution in [3.8, 4) is 22.8 Å². The second-order valence-electron chi connectivity index (χ2n) is 8.28. The van der Waals surface area contributed by atoms with Gasteiger partial charge in [-0.1, -0.05) is 54.6 Å². The molecule has 0 aliphatic rings. The van der Waals surface area contributed by atoms with Crippen LogP contribution in [-0.2, 0) is 25.6 Å². The second kappa shape index (κ2) is 10.7. The highest BCUT2D eigenvalue weighted by atomic mass is 19.4. The highest BCUT2D eigenvalue weighted by molar-refractivity contribution is 5.64. The Kier molecular flexibility index (Phi) is 7.43. The van der Waals surface area contributed by atoms with Gasteiger partial charge in [-0.15, -0.1) is 0 Å². The SMILES string of the molecule is COc1ccc(-c2cc(C(F)(F)F)c(=O)n(Cc3ccc(CCc4ccccc4)cc3)n2)cc1OC. The molecule has 0 N–H and O–H groups in total. The van der Waals surface area contributed by atoms with Crippen LogP contribution in [0.4, 0.5) is 13.2 Å². The summed E-state index contributed by atoms with van der Waals surface area (Å²) < 4.78 is 52.5. The van der Waals surface area contributed by atoms with Crippen LogP contribution in [-0.4, -0.2) is 24.0 Å². The van der Waals surface area contributed by atoms with Crippen LogP contribution in [0.5, 0.6) is 11.5 Å². The van der Waals surface area contributed by atoms with Gasteiger partial charge in [0, 0.05) is 5.56 Å². The maximum absolute atomic E-state index is 13.7. The summed E-state index contributed by atoms with van der Waals surface area (Å²) in [6.45, 7) is -0.0952. The molecule has 186 valence electrons. The van der Waals surface area contributed by atoms with E-state index in [4.69, 9.17) is 9.47 Å². The summed E-state index contributed by atoms with van der Waals surface area (Å²) in [4.78, 5) is 12.7. The zero-order chi connectivity index (χ0) is 25.7. The van der Waals surface area contributed by atoms with E-state index in [1.807, 2.05) is 42.5 Å². The summed E-state index contributed by atoms with van der Waals surface area (Å²) in [5.74, 6) is 0.771. The van der Waals surface area contributed by atoms with Gasteiger partial charge in [0.25, 0.3) is 5.56 Å². The number of halogens is 3.